The van der Waals surface area contributed by atoms with Crippen LogP contribution >= 0.6 is 34.8 Å². The third-order valence-electron chi connectivity index (χ3n) is 6.25. The molecule has 0 atom stereocenters. The van der Waals surface area contributed by atoms with Crippen LogP contribution in [0.25, 0.3) is 21.7 Å². The molecule has 1 aliphatic carbocycles. The largest absolute Gasteiger partial charge is 0.435 e. The van der Waals surface area contributed by atoms with Gasteiger partial charge < -0.3 is 0 Å². The summed E-state index contributed by atoms with van der Waals surface area (Å²) in [6.07, 6.45) is -8.58. The van der Waals surface area contributed by atoms with E-state index in [-0.39, 0.29) is 52.5 Å². The molecule has 216 valence electrons. The maximum atomic E-state index is 14.5. The lowest BCUT2D eigenvalue weighted by Gasteiger charge is -2.30. The Labute approximate surface area is 241 Å². The zero-order chi connectivity index (χ0) is 30.7. The van der Waals surface area contributed by atoms with Crippen LogP contribution in [0.3, 0.4) is 0 Å². The van der Waals surface area contributed by atoms with Gasteiger partial charge >= 0.3 is 23.7 Å². The molecule has 0 aliphatic heterocycles. The van der Waals surface area contributed by atoms with Crippen LogP contribution in [0.1, 0.15) is 35.7 Å². The summed E-state index contributed by atoms with van der Waals surface area (Å²) in [4.78, 5) is 33.5. The normalized spacial score (nSPS) is 14.9. The van der Waals surface area contributed by atoms with Crippen LogP contribution in [-0.4, -0.2) is 49.5 Å². The number of pyridine rings is 1. The summed E-state index contributed by atoms with van der Waals surface area (Å²) in [5.74, 6) is -1.55. The molecular weight excluding hydrogens is 630 g/mol. The molecule has 1 aliphatic rings. The van der Waals surface area contributed by atoms with Crippen molar-refractivity contribution in [2.45, 2.75) is 43.4 Å². The highest BCUT2D eigenvalue weighted by atomic mass is 35.5. The molecule has 2 amide bonds. The number of carbonyl (C=O) groups excluding carboxylic acids is 2. The van der Waals surface area contributed by atoms with E-state index in [0.29, 0.717) is 0 Å². The standard InChI is InChI=1S/C24H13Cl3F7N5O2/c1-11(40)39(21(35-2)3-4-21)20(41)15-5-12(8-36-19(15)27)13-9-37-38(10-13)18-16(25)6-14(7-17(18)26)22(28,23(29,30)31)24(32,33)34/h5-10H,3-4H2,1H3. The number of hydrogen-bond donors (Lipinski definition) is 0. The molecule has 0 bridgehead atoms. The number of hydrogen-bond acceptors (Lipinski definition) is 4. The number of halogens is 10. The fourth-order valence-electron chi connectivity index (χ4n) is 4.06. The predicted molar refractivity (Wildman–Crippen MR) is 132 cm³/mol. The summed E-state index contributed by atoms with van der Waals surface area (Å²) in [7, 11) is 0. The Hall–Kier alpha value is -3.41. The molecule has 0 saturated heterocycles. The van der Waals surface area contributed by atoms with E-state index in [1.54, 1.807) is 0 Å². The number of alkyl halides is 7. The van der Waals surface area contributed by atoms with E-state index in [4.69, 9.17) is 41.4 Å². The highest BCUT2D eigenvalue weighted by Crippen LogP contribution is 2.54. The first-order valence-corrected chi connectivity index (χ1v) is 12.3. The molecular formula is C24H13Cl3F7N5O2. The smallest absolute Gasteiger partial charge is 0.286 e. The molecule has 17 heteroatoms. The summed E-state index contributed by atoms with van der Waals surface area (Å²) >= 11 is 18.0. The Morgan fingerprint density at radius 2 is 1.54 bits per heavy atom. The van der Waals surface area contributed by atoms with Crippen molar-refractivity contribution in [3.8, 4) is 16.8 Å². The maximum absolute atomic E-state index is 14.5. The summed E-state index contributed by atoms with van der Waals surface area (Å²) in [5.41, 5.74) is -9.14. The van der Waals surface area contributed by atoms with E-state index in [0.717, 1.165) is 16.5 Å². The number of rotatable bonds is 5. The van der Waals surface area contributed by atoms with Crippen molar-refractivity contribution in [1.82, 2.24) is 19.7 Å². The minimum atomic E-state index is -6.37. The summed E-state index contributed by atoms with van der Waals surface area (Å²) in [6, 6.07) is 1.55. The lowest BCUT2D eigenvalue weighted by atomic mass is 9.94. The minimum absolute atomic E-state index is 0.146. The van der Waals surface area contributed by atoms with Crippen molar-refractivity contribution in [2.24, 2.45) is 0 Å². The van der Waals surface area contributed by atoms with Gasteiger partial charge in [-0.2, -0.15) is 31.4 Å². The van der Waals surface area contributed by atoms with Gasteiger partial charge in [-0.25, -0.2) is 25.5 Å². The molecule has 2 heterocycles. The van der Waals surface area contributed by atoms with Gasteiger partial charge in [-0.05, 0) is 18.2 Å². The lowest BCUT2D eigenvalue weighted by molar-refractivity contribution is -0.348. The predicted octanol–water partition coefficient (Wildman–Crippen LogP) is 7.58. The second-order valence-electron chi connectivity index (χ2n) is 8.93. The van der Waals surface area contributed by atoms with Crippen LogP contribution in [0.2, 0.25) is 15.2 Å². The van der Waals surface area contributed by atoms with E-state index >= 15 is 0 Å². The molecule has 7 nitrogen and oxygen atoms in total. The van der Waals surface area contributed by atoms with Crippen molar-refractivity contribution in [2.75, 3.05) is 0 Å². The van der Waals surface area contributed by atoms with Crippen molar-refractivity contribution in [3.05, 3.63) is 74.5 Å². The van der Waals surface area contributed by atoms with Crippen LogP contribution in [0.5, 0.6) is 0 Å². The zero-order valence-corrected chi connectivity index (χ0v) is 22.5. The molecule has 1 saturated carbocycles. The molecule has 0 radical (unpaired) electrons. The van der Waals surface area contributed by atoms with E-state index in [1.165, 1.54) is 24.7 Å². The number of imide groups is 1. The number of benzene rings is 1. The second kappa shape index (κ2) is 10.1. The molecule has 2 aromatic heterocycles. The molecule has 3 aromatic rings. The Kier molecular flexibility index (Phi) is 7.56. The zero-order valence-electron chi connectivity index (χ0n) is 20.2. The Morgan fingerprint density at radius 3 is 2.00 bits per heavy atom. The van der Waals surface area contributed by atoms with Gasteiger partial charge in [-0.3, -0.25) is 14.4 Å². The summed E-state index contributed by atoms with van der Waals surface area (Å²) in [6.45, 7) is 8.49. The van der Waals surface area contributed by atoms with Crippen LogP contribution in [0.15, 0.2) is 36.8 Å². The van der Waals surface area contributed by atoms with E-state index in [1.807, 2.05) is 0 Å². The Bertz CT molecular complexity index is 1570. The fraction of sp³-hybridized carbons (Fsp3) is 0.292. The highest BCUT2D eigenvalue weighted by Gasteiger charge is 2.73. The maximum Gasteiger partial charge on any atom is 0.435 e. The average molecular weight is 643 g/mol. The third kappa shape index (κ3) is 5.11. The van der Waals surface area contributed by atoms with Crippen molar-refractivity contribution >= 4 is 46.6 Å². The quantitative estimate of drug-likeness (QED) is 0.163. The number of carbonyl (C=O) groups is 2. The monoisotopic (exact) mass is 641 g/mol. The van der Waals surface area contributed by atoms with Gasteiger partial charge in [0.15, 0.2) is 0 Å². The van der Waals surface area contributed by atoms with Gasteiger partial charge in [0.05, 0.1) is 34.6 Å². The second-order valence-corrected chi connectivity index (χ2v) is 10.1. The van der Waals surface area contributed by atoms with E-state index in [2.05, 4.69) is 14.9 Å². The Balaban J connectivity index is 1.73. The SMILES string of the molecule is [C-]#[N+]C1(N(C(C)=O)C(=O)c2cc(-c3cnn(-c4c(Cl)cc(C(F)(C(F)(F)F)C(F)(F)F)cc4Cl)c3)cnc2Cl)CC1. The summed E-state index contributed by atoms with van der Waals surface area (Å²) < 4.78 is 94.6. The van der Waals surface area contributed by atoms with Crippen LogP contribution in [-0.2, 0) is 10.5 Å². The average Bonchev–Trinajstić information content (AvgIpc) is 3.49. The van der Waals surface area contributed by atoms with Crippen molar-refractivity contribution < 1.29 is 40.3 Å². The first-order valence-electron chi connectivity index (χ1n) is 11.1. The molecule has 1 aromatic carbocycles. The lowest BCUT2D eigenvalue weighted by Crippen LogP contribution is -2.50. The molecule has 1 fully saturated rings. The van der Waals surface area contributed by atoms with Crippen LogP contribution in [0, 0.1) is 6.57 Å². The van der Waals surface area contributed by atoms with Crippen LogP contribution in [0.4, 0.5) is 30.7 Å². The topological polar surface area (TPSA) is 72.5 Å². The first-order chi connectivity index (χ1) is 18.9. The molecule has 0 spiro atoms. The van der Waals surface area contributed by atoms with Gasteiger partial charge in [0.25, 0.3) is 5.91 Å². The summed E-state index contributed by atoms with van der Waals surface area (Å²) in [5, 5.41) is 2.11. The minimum Gasteiger partial charge on any atom is -0.286 e. The van der Waals surface area contributed by atoms with E-state index in [9.17, 15) is 40.3 Å². The van der Waals surface area contributed by atoms with Crippen molar-refractivity contribution in [3.63, 3.8) is 0 Å². The highest BCUT2D eigenvalue weighted by molar-refractivity contribution is 6.38. The number of aromatic nitrogens is 3. The third-order valence-corrected chi connectivity index (χ3v) is 7.13. The van der Waals surface area contributed by atoms with Gasteiger partial charge in [0.2, 0.25) is 5.91 Å². The Morgan fingerprint density at radius 1 is 0.976 bits per heavy atom. The fourth-order valence-corrected chi connectivity index (χ4v) is 4.91. The van der Waals surface area contributed by atoms with Gasteiger partial charge in [-0.1, -0.05) is 34.8 Å². The van der Waals surface area contributed by atoms with Gasteiger partial charge in [-0.15, -0.1) is 0 Å². The van der Waals surface area contributed by atoms with Crippen LogP contribution < -0.4 is 0 Å². The molecule has 4 rings (SSSR count). The van der Waals surface area contributed by atoms with Crippen molar-refractivity contribution in [1.29, 1.82) is 0 Å². The molecule has 0 N–H and O–H groups in total. The van der Waals surface area contributed by atoms with Gasteiger partial charge in [0.1, 0.15) is 10.8 Å². The van der Waals surface area contributed by atoms with Gasteiger partial charge in [0, 0.05) is 36.0 Å². The molecule has 41 heavy (non-hydrogen) atoms. The number of nitrogens with zero attached hydrogens (tertiary/aromatic N) is 5. The van der Waals surface area contributed by atoms with E-state index < -0.39 is 51.1 Å². The number of amides is 2. The first kappa shape index (κ1) is 30.5. The molecule has 0 unspecified atom stereocenters.